The van der Waals surface area contributed by atoms with Gasteiger partial charge in [-0.25, -0.2) is 0 Å². The van der Waals surface area contributed by atoms with Gasteiger partial charge in [-0.05, 0) is 6.16 Å². The number of hydrogen-bond acceptors (Lipinski definition) is 3. The Bertz CT molecular complexity index is 37.9. The van der Waals surface area contributed by atoms with E-state index in [1.54, 1.807) is 0 Å². The van der Waals surface area contributed by atoms with Crippen molar-refractivity contribution >= 4 is 101 Å². The Hall–Kier alpha value is 3.43. The molecule has 24 valence electrons. The zero-order valence-electron chi connectivity index (χ0n) is 3.72. The molecular weight excluding hydrogens is 374 g/mol. The molecule has 0 amide bonds. The Morgan fingerprint density at radius 1 is 1.29 bits per heavy atom. The molecule has 0 rings (SSSR count). The summed E-state index contributed by atoms with van der Waals surface area (Å²) in [5, 5.41) is 16.7. The fourth-order valence-electron chi connectivity index (χ4n) is 0. The summed E-state index contributed by atoms with van der Waals surface area (Å²) in [5.74, 6) is 0. The second kappa shape index (κ2) is 16.2. The minimum absolute atomic E-state index is 0. The Kier molecular flexibility index (Phi) is 51.9. The third-order valence-electron chi connectivity index (χ3n) is 0. The van der Waals surface area contributed by atoms with Crippen LogP contribution in [0.2, 0.25) is 0 Å². The summed E-state index contributed by atoms with van der Waals surface area (Å²) in [4.78, 5) is 8.33. The van der Waals surface area contributed by atoms with Crippen molar-refractivity contribution in [2.24, 2.45) is 0 Å². The van der Waals surface area contributed by atoms with Gasteiger partial charge >= 0.3 is 127 Å². The van der Waals surface area contributed by atoms with E-state index in [4.69, 9.17) is 15.0 Å². The van der Waals surface area contributed by atoms with Gasteiger partial charge in [-0.3, -0.25) is 0 Å². The van der Waals surface area contributed by atoms with Gasteiger partial charge in [0.15, 0.2) is 0 Å². The van der Waals surface area contributed by atoms with Crippen LogP contribution in [0.4, 0.5) is 4.79 Å². The zero-order valence-corrected chi connectivity index (χ0v) is 14.5. The number of rotatable bonds is 0. The summed E-state index contributed by atoms with van der Waals surface area (Å²) in [6.07, 6.45) is -2.33. The third kappa shape index (κ3) is 44.3. The van der Waals surface area contributed by atoms with Crippen LogP contribution < -0.4 is 10.2 Å². The SMILES string of the molecule is O=C([O-])[O-].[Ba+2].[Sr+2].[Y+3]. The van der Waals surface area contributed by atoms with Crippen LogP contribution in [-0.2, 0) is 32.7 Å². The van der Waals surface area contributed by atoms with Crippen molar-refractivity contribution in [3.05, 3.63) is 0 Å². The van der Waals surface area contributed by atoms with Crippen molar-refractivity contribution in [1.82, 2.24) is 0 Å². The van der Waals surface area contributed by atoms with Crippen LogP contribution in [0, 0.1) is 0 Å². The monoisotopic (exact) mass is 375 g/mol. The van der Waals surface area contributed by atoms with Crippen molar-refractivity contribution < 1.29 is 47.7 Å². The van der Waals surface area contributed by atoms with Crippen LogP contribution in [0.3, 0.4) is 0 Å². The van der Waals surface area contributed by atoms with Gasteiger partial charge < -0.3 is 15.0 Å². The average Bonchev–Trinajstić information content (AvgIpc) is 0.811. The van der Waals surface area contributed by atoms with Gasteiger partial charge in [0.2, 0.25) is 0 Å². The molecular formula is CBaO3SrY+5. The number of carboxylic acid groups (broad SMARTS) is 2. The minimum Gasteiger partial charge on any atom is -0.652 e. The Labute approximate surface area is 144 Å². The molecule has 0 aromatic heterocycles. The average molecular weight is 374 g/mol. The molecule has 0 bridgehead atoms. The standard InChI is InChI=1S/CH2O3.Ba.Sr.Y/c2-1(3)4;;;/h(H2,2,3,4);;;/q;2*+2;+3/p-2. The maximum atomic E-state index is 8.33. The molecule has 7 heavy (non-hydrogen) atoms. The largest absolute Gasteiger partial charge is 3.00 e. The summed E-state index contributed by atoms with van der Waals surface area (Å²) in [6, 6.07) is 0. The molecule has 0 saturated carbocycles. The van der Waals surface area contributed by atoms with Gasteiger partial charge in [0.25, 0.3) is 0 Å². The smallest absolute Gasteiger partial charge is 0.652 e. The van der Waals surface area contributed by atoms with Crippen molar-refractivity contribution in [3.63, 3.8) is 0 Å². The normalized spacial score (nSPS) is 3.43. The predicted molar refractivity (Wildman–Crippen MR) is 16.9 cm³/mol. The predicted octanol–water partition coefficient (Wildman–Crippen LogP) is -3.21. The second-order valence-corrected chi connectivity index (χ2v) is 0.250. The Morgan fingerprint density at radius 2 is 1.29 bits per heavy atom. The summed E-state index contributed by atoms with van der Waals surface area (Å²) in [5.41, 5.74) is 0. The summed E-state index contributed by atoms with van der Waals surface area (Å²) >= 11 is 0. The van der Waals surface area contributed by atoms with Crippen LogP contribution in [0.25, 0.3) is 0 Å². The first-order valence-corrected chi connectivity index (χ1v) is 0.612. The van der Waals surface area contributed by atoms with E-state index in [9.17, 15) is 0 Å². The van der Waals surface area contributed by atoms with Gasteiger partial charge in [-0.15, -0.1) is 0 Å². The van der Waals surface area contributed by atoms with Crippen molar-refractivity contribution in [1.29, 1.82) is 0 Å². The molecule has 0 fully saturated rings. The summed E-state index contributed by atoms with van der Waals surface area (Å²) < 4.78 is 0. The van der Waals surface area contributed by atoms with Crippen molar-refractivity contribution in [2.45, 2.75) is 0 Å². The van der Waals surface area contributed by atoms with Gasteiger partial charge in [0.05, 0.1) is 0 Å². The molecule has 3 nitrogen and oxygen atoms in total. The maximum absolute atomic E-state index is 8.33. The molecule has 0 atom stereocenters. The number of carbonyl (C=O) groups excluding carboxylic acids is 1. The molecule has 0 radical (unpaired) electrons. The molecule has 0 aromatic carbocycles. The summed E-state index contributed by atoms with van der Waals surface area (Å²) in [7, 11) is 0. The number of carbonyl (C=O) groups is 1. The van der Waals surface area contributed by atoms with E-state index in [-0.39, 0.29) is 127 Å². The molecule has 0 saturated heterocycles. The van der Waals surface area contributed by atoms with Crippen LogP contribution in [0.5, 0.6) is 0 Å². The van der Waals surface area contributed by atoms with E-state index >= 15 is 0 Å². The fraction of sp³-hybridized carbons (Fsp3) is 0. The third-order valence-corrected chi connectivity index (χ3v) is 0. The summed E-state index contributed by atoms with van der Waals surface area (Å²) in [6.45, 7) is 0. The van der Waals surface area contributed by atoms with Gasteiger partial charge in [0, 0.05) is 0 Å². The number of hydrogen-bond donors (Lipinski definition) is 0. The topological polar surface area (TPSA) is 63.2 Å². The first-order valence-electron chi connectivity index (χ1n) is 0.612. The van der Waals surface area contributed by atoms with E-state index < -0.39 is 6.16 Å². The van der Waals surface area contributed by atoms with Crippen molar-refractivity contribution in [2.75, 3.05) is 0 Å². The van der Waals surface area contributed by atoms with Crippen LogP contribution >= 0.6 is 0 Å². The Morgan fingerprint density at radius 3 is 1.29 bits per heavy atom. The van der Waals surface area contributed by atoms with E-state index in [2.05, 4.69) is 0 Å². The van der Waals surface area contributed by atoms with Crippen LogP contribution in [0.1, 0.15) is 0 Å². The molecule has 0 heterocycles. The molecule has 0 unspecified atom stereocenters. The quantitative estimate of drug-likeness (QED) is 0.420. The first-order chi connectivity index (χ1) is 1.73. The first kappa shape index (κ1) is 22.4. The van der Waals surface area contributed by atoms with E-state index in [0.717, 1.165) is 0 Å². The van der Waals surface area contributed by atoms with E-state index in [1.165, 1.54) is 0 Å². The molecule has 0 aliphatic heterocycles. The molecule has 0 spiro atoms. The maximum Gasteiger partial charge on any atom is 3.00 e. The van der Waals surface area contributed by atoms with Crippen LogP contribution in [0.15, 0.2) is 0 Å². The fourth-order valence-corrected chi connectivity index (χ4v) is 0. The molecule has 0 N–H and O–H groups in total. The van der Waals surface area contributed by atoms with Gasteiger partial charge in [-0.1, -0.05) is 0 Å². The van der Waals surface area contributed by atoms with Gasteiger partial charge in [0.1, 0.15) is 0 Å². The molecule has 0 aliphatic carbocycles. The second-order valence-electron chi connectivity index (χ2n) is 0.250. The molecule has 0 aliphatic rings. The Balaban J connectivity index is -0.0000000150. The molecule has 0 aromatic rings. The zero-order chi connectivity index (χ0) is 3.58. The minimum atomic E-state index is -2.33. The van der Waals surface area contributed by atoms with E-state index in [0.29, 0.717) is 0 Å². The van der Waals surface area contributed by atoms with Gasteiger partial charge in [-0.2, -0.15) is 0 Å². The van der Waals surface area contributed by atoms with Crippen LogP contribution in [-0.4, -0.2) is 101 Å². The molecule has 6 heteroatoms. The van der Waals surface area contributed by atoms with Crippen molar-refractivity contribution in [3.8, 4) is 0 Å². The van der Waals surface area contributed by atoms with E-state index in [1.807, 2.05) is 0 Å².